The standard InChI is InChI=1S/C22H28N4O4/c1-28-19-9-17(10-20(12-19)29-2)14-26-7-6-25(15-18(26)5-8-27)13-16-3-4-21-22(11-16)24-30-23-21/h3-4,9-12,18,27H,5-8,13-15H2,1-2H3. The van der Waals surface area contributed by atoms with Crippen LogP contribution in [0.1, 0.15) is 17.5 Å². The van der Waals surface area contributed by atoms with Gasteiger partial charge < -0.3 is 14.6 Å². The predicted octanol–water partition coefficient (Wildman–Crippen LogP) is 2.31. The molecule has 1 unspecified atom stereocenters. The third-order valence-corrected chi connectivity index (χ3v) is 5.67. The molecule has 8 nitrogen and oxygen atoms in total. The fourth-order valence-electron chi connectivity index (χ4n) is 4.11. The van der Waals surface area contributed by atoms with E-state index in [0.29, 0.717) is 0 Å². The highest BCUT2D eigenvalue weighted by molar-refractivity contribution is 5.73. The molecule has 0 radical (unpaired) electrons. The molecule has 1 aromatic heterocycles. The van der Waals surface area contributed by atoms with Crippen LogP contribution in [0.2, 0.25) is 0 Å². The summed E-state index contributed by atoms with van der Waals surface area (Å²) in [5.74, 6) is 1.58. The third kappa shape index (κ3) is 4.72. The molecule has 4 rings (SSSR count). The first kappa shape index (κ1) is 20.6. The number of rotatable bonds is 8. The monoisotopic (exact) mass is 412 g/mol. The van der Waals surface area contributed by atoms with Crippen molar-refractivity contribution in [2.45, 2.75) is 25.6 Å². The molecular weight excluding hydrogens is 384 g/mol. The second-order valence-electron chi connectivity index (χ2n) is 7.68. The lowest BCUT2D eigenvalue weighted by Gasteiger charge is -2.41. The van der Waals surface area contributed by atoms with Gasteiger partial charge in [-0.25, -0.2) is 4.63 Å². The molecule has 0 saturated carbocycles. The maximum absolute atomic E-state index is 9.63. The van der Waals surface area contributed by atoms with E-state index >= 15 is 0 Å². The summed E-state index contributed by atoms with van der Waals surface area (Å²) in [4.78, 5) is 4.86. The number of hydrogen-bond acceptors (Lipinski definition) is 8. The number of methoxy groups -OCH3 is 2. The first-order valence-corrected chi connectivity index (χ1v) is 10.2. The third-order valence-electron chi connectivity index (χ3n) is 5.67. The summed E-state index contributed by atoms with van der Waals surface area (Å²) in [7, 11) is 3.33. The number of benzene rings is 2. The van der Waals surface area contributed by atoms with Crippen LogP contribution in [-0.4, -0.2) is 71.7 Å². The van der Waals surface area contributed by atoms with Crippen LogP contribution in [0.15, 0.2) is 41.0 Å². The van der Waals surface area contributed by atoms with Crippen LogP contribution < -0.4 is 9.47 Å². The Hall–Kier alpha value is -2.68. The summed E-state index contributed by atoms with van der Waals surface area (Å²) in [5, 5.41) is 17.4. The SMILES string of the molecule is COc1cc(CN2CCN(Cc3ccc4nonc4c3)CC2CCO)cc(OC)c1. The highest BCUT2D eigenvalue weighted by Crippen LogP contribution is 2.25. The number of fused-ring (bicyclic) bond motifs is 1. The van der Waals surface area contributed by atoms with Crippen LogP contribution in [0, 0.1) is 0 Å². The summed E-state index contributed by atoms with van der Waals surface area (Å²) in [6, 6.07) is 12.3. The van der Waals surface area contributed by atoms with Gasteiger partial charge in [-0.3, -0.25) is 9.80 Å². The molecule has 1 N–H and O–H groups in total. The number of nitrogens with zero attached hydrogens (tertiary/aromatic N) is 4. The predicted molar refractivity (Wildman–Crippen MR) is 113 cm³/mol. The van der Waals surface area contributed by atoms with Gasteiger partial charge in [0.2, 0.25) is 0 Å². The van der Waals surface area contributed by atoms with E-state index in [9.17, 15) is 5.11 Å². The molecule has 2 heterocycles. The van der Waals surface area contributed by atoms with Gasteiger partial charge in [-0.1, -0.05) is 6.07 Å². The molecule has 1 fully saturated rings. The minimum absolute atomic E-state index is 0.174. The first-order chi connectivity index (χ1) is 14.7. The van der Waals surface area contributed by atoms with Crippen molar-refractivity contribution in [1.82, 2.24) is 20.1 Å². The number of aliphatic hydroxyl groups is 1. The van der Waals surface area contributed by atoms with E-state index in [4.69, 9.17) is 14.1 Å². The van der Waals surface area contributed by atoms with Crippen molar-refractivity contribution in [2.75, 3.05) is 40.5 Å². The number of piperazine rings is 1. The van der Waals surface area contributed by atoms with Crippen LogP contribution in [0.4, 0.5) is 0 Å². The molecule has 2 aromatic carbocycles. The van der Waals surface area contributed by atoms with E-state index in [0.717, 1.165) is 67.2 Å². The van der Waals surface area contributed by atoms with E-state index in [-0.39, 0.29) is 12.6 Å². The van der Waals surface area contributed by atoms with Gasteiger partial charge in [0.25, 0.3) is 0 Å². The summed E-state index contributed by atoms with van der Waals surface area (Å²) in [5.41, 5.74) is 3.89. The highest BCUT2D eigenvalue weighted by Gasteiger charge is 2.27. The summed E-state index contributed by atoms with van der Waals surface area (Å²) >= 11 is 0. The van der Waals surface area contributed by atoms with Gasteiger partial charge in [-0.2, -0.15) is 0 Å². The van der Waals surface area contributed by atoms with Crippen molar-refractivity contribution in [3.05, 3.63) is 47.5 Å². The van der Waals surface area contributed by atoms with Crippen molar-refractivity contribution in [1.29, 1.82) is 0 Å². The van der Waals surface area contributed by atoms with Crippen molar-refractivity contribution in [3.63, 3.8) is 0 Å². The molecular formula is C22H28N4O4. The van der Waals surface area contributed by atoms with E-state index in [1.165, 1.54) is 5.56 Å². The van der Waals surface area contributed by atoms with Gasteiger partial charge in [-0.15, -0.1) is 0 Å². The number of ether oxygens (including phenoxy) is 2. The lowest BCUT2D eigenvalue weighted by atomic mass is 10.1. The lowest BCUT2D eigenvalue weighted by molar-refractivity contribution is 0.0499. The molecule has 1 saturated heterocycles. The van der Waals surface area contributed by atoms with E-state index in [2.05, 4.69) is 26.2 Å². The zero-order valence-corrected chi connectivity index (χ0v) is 17.5. The van der Waals surface area contributed by atoms with Crippen LogP contribution in [0.25, 0.3) is 11.0 Å². The molecule has 160 valence electrons. The topological polar surface area (TPSA) is 84.1 Å². The average molecular weight is 412 g/mol. The first-order valence-electron chi connectivity index (χ1n) is 10.2. The van der Waals surface area contributed by atoms with Crippen molar-refractivity contribution >= 4 is 11.0 Å². The van der Waals surface area contributed by atoms with Gasteiger partial charge in [0.1, 0.15) is 22.5 Å². The Kier molecular flexibility index (Phi) is 6.47. The minimum Gasteiger partial charge on any atom is -0.497 e. The van der Waals surface area contributed by atoms with Gasteiger partial charge in [0.15, 0.2) is 0 Å². The van der Waals surface area contributed by atoms with Gasteiger partial charge >= 0.3 is 0 Å². The van der Waals surface area contributed by atoms with E-state index in [1.807, 2.05) is 30.3 Å². The van der Waals surface area contributed by atoms with Crippen molar-refractivity contribution < 1.29 is 19.2 Å². The van der Waals surface area contributed by atoms with Crippen molar-refractivity contribution in [2.24, 2.45) is 0 Å². The zero-order chi connectivity index (χ0) is 20.9. The summed E-state index contributed by atoms with van der Waals surface area (Å²) in [6.07, 6.45) is 0.740. The zero-order valence-electron chi connectivity index (χ0n) is 17.5. The Morgan fingerprint density at radius 1 is 0.967 bits per heavy atom. The van der Waals surface area contributed by atoms with Gasteiger partial charge in [0, 0.05) is 51.4 Å². The van der Waals surface area contributed by atoms with Crippen molar-refractivity contribution in [3.8, 4) is 11.5 Å². The van der Waals surface area contributed by atoms with Crippen LogP contribution in [0.5, 0.6) is 11.5 Å². The molecule has 0 bridgehead atoms. The minimum atomic E-state index is 0.174. The van der Waals surface area contributed by atoms with Gasteiger partial charge in [0.05, 0.1) is 14.2 Å². The van der Waals surface area contributed by atoms with Crippen LogP contribution in [-0.2, 0) is 13.1 Å². The molecule has 0 spiro atoms. The van der Waals surface area contributed by atoms with Gasteiger partial charge in [-0.05, 0) is 52.1 Å². The molecule has 1 aliphatic heterocycles. The smallest absolute Gasteiger partial charge is 0.135 e. The van der Waals surface area contributed by atoms with Crippen LogP contribution >= 0.6 is 0 Å². The summed E-state index contributed by atoms with van der Waals surface area (Å²) in [6.45, 7) is 4.59. The molecule has 0 amide bonds. The maximum atomic E-state index is 9.63. The molecule has 0 aliphatic carbocycles. The Balaban J connectivity index is 1.44. The Labute approximate surface area is 175 Å². The second-order valence-corrected chi connectivity index (χ2v) is 7.68. The van der Waals surface area contributed by atoms with E-state index < -0.39 is 0 Å². The Morgan fingerprint density at radius 3 is 2.47 bits per heavy atom. The summed E-state index contributed by atoms with van der Waals surface area (Å²) < 4.78 is 15.6. The molecule has 8 heteroatoms. The lowest BCUT2D eigenvalue weighted by Crippen LogP contribution is -2.52. The Bertz CT molecular complexity index is 954. The number of hydrogen-bond donors (Lipinski definition) is 1. The van der Waals surface area contributed by atoms with Crippen LogP contribution in [0.3, 0.4) is 0 Å². The molecule has 3 aromatic rings. The molecule has 1 atom stereocenters. The highest BCUT2D eigenvalue weighted by atomic mass is 16.6. The van der Waals surface area contributed by atoms with E-state index in [1.54, 1.807) is 14.2 Å². The quantitative estimate of drug-likeness (QED) is 0.603. The molecule has 1 aliphatic rings. The second kappa shape index (κ2) is 9.42. The Morgan fingerprint density at radius 2 is 1.73 bits per heavy atom. The molecule has 30 heavy (non-hydrogen) atoms. The fraction of sp³-hybridized carbons (Fsp3) is 0.455. The largest absolute Gasteiger partial charge is 0.497 e. The fourth-order valence-corrected chi connectivity index (χ4v) is 4.11. The number of aliphatic hydroxyl groups excluding tert-OH is 1. The normalized spacial score (nSPS) is 18.0. The maximum Gasteiger partial charge on any atom is 0.135 e. The average Bonchev–Trinajstić information content (AvgIpc) is 3.23. The number of aromatic nitrogens is 2.